The highest BCUT2D eigenvalue weighted by molar-refractivity contribution is 5.94. The van der Waals surface area contributed by atoms with Crippen LogP contribution in [0.5, 0.6) is 5.75 Å². The van der Waals surface area contributed by atoms with E-state index in [0.717, 1.165) is 11.4 Å². The van der Waals surface area contributed by atoms with E-state index in [-0.39, 0.29) is 12.0 Å². The molecule has 0 aliphatic rings. The van der Waals surface area contributed by atoms with Crippen LogP contribution in [0.3, 0.4) is 0 Å². The minimum atomic E-state index is -0.172. The Morgan fingerprint density at radius 1 is 1.16 bits per heavy atom. The number of ether oxygens (including phenoxy) is 1. The standard InChI is InChI=1S/C18H19N5O2/c1-13(2)25-17-5-3-14(4-6-17)18(24)20-11-15-12-23(22-21-15)16-7-9-19-10-8-16/h3-10,12-13H,11H2,1-2H3,(H,20,24). The summed E-state index contributed by atoms with van der Waals surface area (Å²) in [5.74, 6) is 0.571. The lowest BCUT2D eigenvalue weighted by Gasteiger charge is -2.10. The minimum absolute atomic E-state index is 0.0997. The van der Waals surface area contributed by atoms with Gasteiger partial charge in [0.1, 0.15) is 11.4 Å². The van der Waals surface area contributed by atoms with Gasteiger partial charge in [-0.1, -0.05) is 5.21 Å². The van der Waals surface area contributed by atoms with Crippen molar-refractivity contribution in [3.8, 4) is 11.4 Å². The Labute approximate surface area is 145 Å². The third-order valence-corrected chi connectivity index (χ3v) is 3.39. The Hall–Kier alpha value is -3.22. The Morgan fingerprint density at radius 2 is 1.88 bits per heavy atom. The Balaban J connectivity index is 1.58. The molecule has 2 aromatic heterocycles. The van der Waals surface area contributed by atoms with Gasteiger partial charge in [-0.05, 0) is 50.2 Å². The summed E-state index contributed by atoms with van der Waals surface area (Å²) in [5, 5.41) is 10.9. The molecule has 3 rings (SSSR count). The predicted molar refractivity (Wildman–Crippen MR) is 92.5 cm³/mol. The van der Waals surface area contributed by atoms with Gasteiger partial charge >= 0.3 is 0 Å². The Morgan fingerprint density at radius 3 is 2.56 bits per heavy atom. The van der Waals surface area contributed by atoms with E-state index in [1.54, 1.807) is 47.5 Å². The maximum Gasteiger partial charge on any atom is 0.251 e. The van der Waals surface area contributed by atoms with Gasteiger partial charge in [-0.3, -0.25) is 9.78 Å². The molecular weight excluding hydrogens is 318 g/mol. The summed E-state index contributed by atoms with van der Waals surface area (Å²) in [6, 6.07) is 10.7. The van der Waals surface area contributed by atoms with Crippen molar-refractivity contribution >= 4 is 5.91 Å². The largest absolute Gasteiger partial charge is 0.491 e. The summed E-state index contributed by atoms with van der Waals surface area (Å²) in [4.78, 5) is 16.2. The maximum atomic E-state index is 12.2. The summed E-state index contributed by atoms with van der Waals surface area (Å²) < 4.78 is 7.21. The van der Waals surface area contributed by atoms with E-state index < -0.39 is 0 Å². The highest BCUT2D eigenvalue weighted by atomic mass is 16.5. The summed E-state index contributed by atoms with van der Waals surface area (Å²) in [5.41, 5.74) is 2.10. The first kappa shape index (κ1) is 16.6. The molecule has 7 heteroatoms. The molecule has 0 saturated carbocycles. The average molecular weight is 337 g/mol. The van der Waals surface area contributed by atoms with Crippen LogP contribution in [0.2, 0.25) is 0 Å². The number of aromatic nitrogens is 4. The van der Waals surface area contributed by atoms with Crippen molar-refractivity contribution in [1.82, 2.24) is 25.3 Å². The molecule has 25 heavy (non-hydrogen) atoms. The van der Waals surface area contributed by atoms with Gasteiger partial charge in [0, 0.05) is 18.0 Å². The zero-order valence-electron chi connectivity index (χ0n) is 14.1. The highest BCUT2D eigenvalue weighted by Gasteiger charge is 2.08. The summed E-state index contributed by atoms with van der Waals surface area (Å²) in [6.45, 7) is 4.22. The molecule has 0 unspecified atom stereocenters. The van der Waals surface area contributed by atoms with Crippen LogP contribution in [-0.2, 0) is 6.54 Å². The van der Waals surface area contributed by atoms with Gasteiger partial charge in [-0.2, -0.15) is 0 Å². The quantitative estimate of drug-likeness (QED) is 0.747. The van der Waals surface area contributed by atoms with Crippen molar-refractivity contribution in [3.05, 3.63) is 66.2 Å². The van der Waals surface area contributed by atoms with E-state index in [2.05, 4.69) is 20.6 Å². The number of benzene rings is 1. The van der Waals surface area contributed by atoms with E-state index in [9.17, 15) is 4.79 Å². The molecular formula is C18H19N5O2. The third kappa shape index (κ3) is 4.41. The van der Waals surface area contributed by atoms with Crippen molar-refractivity contribution in [3.63, 3.8) is 0 Å². The van der Waals surface area contributed by atoms with Crippen molar-refractivity contribution in [2.75, 3.05) is 0 Å². The number of nitrogens with zero attached hydrogens (tertiary/aromatic N) is 4. The summed E-state index contributed by atoms with van der Waals surface area (Å²) in [6.07, 6.45) is 5.24. The van der Waals surface area contributed by atoms with Crippen LogP contribution in [0.1, 0.15) is 29.9 Å². The maximum absolute atomic E-state index is 12.2. The van der Waals surface area contributed by atoms with Crippen LogP contribution in [0.4, 0.5) is 0 Å². The molecule has 0 bridgehead atoms. The van der Waals surface area contributed by atoms with Gasteiger partial charge in [0.15, 0.2) is 0 Å². The topological polar surface area (TPSA) is 81.9 Å². The molecule has 0 radical (unpaired) electrons. The van der Waals surface area contributed by atoms with Crippen LogP contribution < -0.4 is 10.1 Å². The number of nitrogens with one attached hydrogen (secondary N) is 1. The van der Waals surface area contributed by atoms with E-state index in [1.165, 1.54) is 0 Å². The van der Waals surface area contributed by atoms with E-state index in [1.807, 2.05) is 26.0 Å². The summed E-state index contributed by atoms with van der Waals surface area (Å²) in [7, 11) is 0. The van der Waals surface area contributed by atoms with Crippen molar-refractivity contribution < 1.29 is 9.53 Å². The van der Waals surface area contributed by atoms with Crippen LogP contribution in [0, 0.1) is 0 Å². The molecule has 0 saturated heterocycles. The first-order chi connectivity index (χ1) is 12.1. The smallest absolute Gasteiger partial charge is 0.251 e. The zero-order valence-corrected chi connectivity index (χ0v) is 14.1. The number of hydrogen-bond donors (Lipinski definition) is 1. The molecule has 1 aromatic carbocycles. The molecule has 2 heterocycles. The predicted octanol–water partition coefficient (Wildman–Crippen LogP) is 2.38. The van der Waals surface area contributed by atoms with E-state index in [4.69, 9.17) is 4.74 Å². The van der Waals surface area contributed by atoms with Crippen molar-refractivity contribution in [2.45, 2.75) is 26.5 Å². The number of amides is 1. The number of rotatable bonds is 6. The zero-order chi connectivity index (χ0) is 17.6. The Kier molecular flexibility index (Phi) is 5.03. The second-order valence-corrected chi connectivity index (χ2v) is 5.73. The van der Waals surface area contributed by atoms with Gasteiger partial charge in [0.2, 0.25) is 0 Å². The average Bonchev–Trinajstić information content (AvgIpc) is 3.10. The molecule has 1 N–H and O–H groups in total. The van der Waals surface area contributed by atoms with E-state index >= 15 is 0 Å². The monoisotopic (exact) mass is 337 g/mol. The number of carbonyl (C=O) groups is 1. The molecule has 0 atom stereocenters. The molecule has 3 aromatic rings. The fourth-order valence-corrected chi connectivity index (χ4v) is 2.23. The lowest BCUT2D eigenvalue weighted by molar-refractivity contribution is 0.0950. The molecule has 7 nitrogen and oxygen atoms in total. The fraction of sp³-hybridized carbons (Fsp3) is 0.222. The highest BCUT2D eigenvalue weighted by Crippen LogP contribution is 2.14. The SMILES string of the molecule is CC(C)Oc1ccc(C(=O)NCc2cn(-c3ccncc3)nn2)cc1. The van der Waals surface area contributed by atoms with Crippen molar-refractivity contribution in [1.29, 1.82) is 0 Å². The van der Waals surface area contributed by atoms with Gasteiger partial charge in [-0.15, -0.1) is 5.10 Å². The number of hydrogen-bond acceptors (Lipinski definition) is 5. The minimum Gasteiger partial charge on any atom is -0.491 e. The molecule has 0 aliphatic heterocycles. The molecule has 1 amide bonds. The molecule has 128 valence electrons. The van der Waals surface area contributed by atoms with Crippen LogP contribution in [0.15, 0.2) is 55.0 Å². The van der Waals surface area contributed by atoms with Crippen LogP contribution in [-0.4, -0.2) is 32.0 Å². The molecule has 0 spiro atoms. The number of carbonyl (C=O) groups excluding carboxylic acids is 1. The van der Waals surface area contributed by atoms with E-state index in [0.29, 0.717) is 17.8 Å². The third-order valence-electron chi connectivity index (χ3n) is 3.39. The second kappa shape index (κ2) is 7.57. The van der Waals surface area contributed by atoms with Crippen LogP contribution >= 0.6 is 0 Å². The fourth-order valence-electron chi connectivity index (χ4n) is 2.23. The lowest BCUT2D eigenvalue weighted by atomic mass is 10.2. The molecule has 0 aliphatic carbocycles. The van der Waals surface area contributed by atoms with Gasteiger partial charge in [-0.25, -0.2) is 4.68 Å². The van der Waals surface area contributed by atoms with Gasteiger partial charge in [0.05, 0.1) is 24.5 Å². The summed E-state index contributed by atoms with van der Waals surface area (Å²) >= 11 is 0. The first-order valence-corrected chi connectivity index (χ1v) is 7.98. The molecule has 0 fully saturated rings. The Bertz CT molecular complexity index is 828. The van der Waals surface area contributed by atoms with Crippen LogP contribution in [0.25, 0.3) is 5.69 Å². The van der Waals surface area contributed by atoms with Gasteiger partial charge in [0.25, 0.3) is 5.91 Å². The second-order valence-electron chi connectivity index (χ2n) is 5.73. The van der Waals surface area contributed by atoms with Gasteiger partial charge < -0.3 is 10.1 Å². The first-order valence-electron chi connectivity index (χ1n) is 7.98. The number of pyridine rings is 1. The normalized spacial score (nSPS) is 10.7. The lowest BCUT2D eigenvalue weighted by Crippen LogP contribution is -2.22. The van der Waals surface area contributed by atoms with Crippen molar-refractivity contribution in [2.24, 2.45) is 0 Å².